The zero-order valence-electron chi connectivity index (χ0n) is 10.1. The molecule has 0 radical (unpaired) electrons. The molecule has 2 rings (SSSR count). The van der Waals surface area contributed by atoms with E-state index >= 15 is 0 Å². The number of aromatic carboxylic acids is 1. The molecule has 94 valence electrons. The van der Waals surface area contributed by atoms with Crippen molar-refractivity contribution in [3.8, 4) is 6.07 Å². The lowest BCUT2D eigenvalue weighted by Gasteiger charge is -2.09. The topological polar surface area (TPSA) is 73.1 Å². The Balaban J connectivity index is 2.15. The van der Waals surface area contributed by atoms with Crippen molar-refractivity contribution in [1.82, 2.24) is 0 Å². The van der Waals surface area contributed by atoms with Crippen molar-refractivity contribution in [2.75, 3.05) is 5.32 Å². The predicted octanol–water partition coefficient (Wildman–Crippen LogP) is 2.87. The van der Waals surface area contributed by atoms with Crippen molar-refractivity contribution in [3.63, 3.8) is 0 Å². The summed E-state index contributed by atoms with van der Waals surface area (Å²) < 4.78 is 0. The number of para-hydroxylation sites is 1. The Kier molecular flexibility index (Phi) is 3.79. The molecule has 0 saturated heterocycles. The molecule has 0 fully saturated rings. The molecule has 2 aromatic rings. The number of hydrogen-bond acceptors (Lipinski definition) is 3. The quantitative estimate of drug-likeness (QED) is 0.877. The van der Waals surface area contributed by atoms with Gasteiger partial charge < -0.3 is 10.4 Å². The normalized spacial score (nSPS) is 9.63. The number of carbonyl (C=O) groups is 1. The van der Waals surface area contributed by atoms with Crippen LogP contribution in [0.4, 0.5) is 5.69 Å². The highest BCUT2D eigenvalue weighted by Gasteiger charge is 2.08. The van der Waals surface area contributed by atoms with E-state index in [4.69, 9.17) is 10.4 Å². The highest BCUT2D eigenvalue weighted by molar-refractivity contribution is 5.94. The first-order valence-electron chi connectivity index (χ1n) is 5.76. The van der Waals surface area contributed by atoms with Crippen LogP contribution in [-0.4, -0.2) is 11.1 Å². The van der Waals surface area contributed by atoms with E-state index in [0.29, 0.717) is 17.8 Å². The van der Waals surface area contributed by atoms with Gasteiger partial charge in [-0.2, -0.15) is 5.26 Å². The van der Waals surface area contributed by atoms with E-state index < -0.39 is 5.97 Å². The van der Waals surface area contributed by atoms with Crippen molar-refractivity contribution >= 4 is 11.7 Å². The van der Waals surface area contributed by atoms with Crippen molar-refractivity contribution in [2.24, 2.45) is 0 Å². The van der Waals surface area contributed by atoms with Crippen LogP contribution in [-0.2, 0) is 6.54 Å². The van der Waals surface area contributed by atoms with Crippen molar-refractivity contribution in [2.45, 2.75) is 6.54 Å². The van der Waals surface area contributed by atoms with Gasteiger partial charge in [0, 0.05) is 12.2 Å². The van der Waals surface area contributed by atoms with Crippen molar-refractivity contribution < 1.29 is 9.90 Å². The third kappa shape index (κ3) is 3.11. The fourth-order valence-corrected chi connectivity index (χ4v) is 1.77. The molecule has 4 heteroatoms. The molecule has 0 atom stereocenters. The van der Waals surface area contributed by atoms with Gasteiger partial charge in [0.2, 0.25) is 0 Å². The minimum atomic E-state index is -0.964. The molecule has 0 spiro atoms. The summed E-state index contributed by atoms with van der Waals surface area (Å²) in [7, 11) is 0. The molecule has 0 aliphatic rings. The van der Waals surface area contributed by atoms with Crippen LogP contribution in [0.15, 0.2) is 48.5 Å². The summed E-state index contributed by atoms with van der Waals surface area (Å²) in [6.45, 7) is 0.472. The van der Waals surface area contributed by atoms with E-state index in [2.05, 4.69) is 11.4 Å². The summed E-state index contributed by atoms with van der Waals surface area (Å²) in [4.78, 5) is 11.1. The Morgan fingerprint density at radius 3 is 2.74 bits per heavy atom. The molecule has 2 N–H and O–H groups in total. The maximum atomic E-state index is 11.1. The van der Waals surface area contributed by atoms with Crippen LogP contribution >= 0.6 is 0 Å². The summed E-state index contributed by atoms with van der Waals surface area (Å²) in [6.07, 6.45) is 0. The molecule has 2 aromatic carbocycles. The zero-order valence-corrected chi connectivity index (χ0v) is 10.1. The summed E-state index contributed by atoms with van der Waals surface area (Å²) >= 11 is 0. The number of carboxylic acids is 1. The van der Waals surface area contributed by atoms with Crippen LogP contribution in [0.2, 0.25) is 0 Å². The maximum absolute atomic E-state index is 11.1. The molecular formula is C15H12N2O2. The van der Waals surface area contributed by atoms with Gasteiger partial charge in [-0.1, -0.05) is 24.3 Å². The van der Waals surface area contributed by atoms with Gasteiger partial charge in [-0.3, -0.25) is 0 Å². The minimum absolute atomic E-state index is 0.235. The first-order valence-corrected chi connectivity index (χ1v) is 5.76. The van der Waals surface area contributed by atoms with Gasteiger partial charge in [0.25, 0.3) is 0 Å². The van der Waals surface area contributed by atoms with Crippen LogP contribution in [0, 0.1) is 11.3 Å². The third-order valence-corrected chi connectivity index (χ3v) is 2.70. The lowest BCUT2D eigenvalue weighted by atomic mass is 10.1. The minimum Gasteiger partial charge on any atom is -0.478 e. The van der Waals surface area contributed by atoms with Gasteiger partial charge in [0.15, 0.2) is 0 Å². The molecule has 0 bridgehead atoms. The average molecular weight is 252 g/mol. The Hall–Kier alpha value is -2.80. The number of benzene rings is 2. The summed E-state index contributed by atoms with van der Waals surface area (Å²) in [5.74, 6) is -0.964. The van der Waals surface area contributed by atoms with E-state index in [0.717, 1.165) is 5.56 Å². The monoisotopic (exact) mass is 252 g/mol. The second kappa shape index (κ2) is 5.69. The Labute approximate surface area is 110 Å². The van der Waals surface area contributed by atoms with E-state index in [9.17, 15) is 4.79 Å². The second-order valence-corrected chi connectivity index (χ2v) is 4.02. The highest BCUT2D eigenvalue weighted by Crippen LogP contribution is 2.16. The standard InChI is InChI=1S/C15H12N2O2/c16-9-11-4-3-5-12(8-11)10-17-14-7-2-1-6-13(14)15(18)19/h1-8,17H,10H2,(H,18,19). The van der Waals surface area contributed by atoms with Gasteiger partial charge in [-0.05, 0) is 29.8 Å². The van der Waals surface area contributed by atoms with Gasteiger partial charge in [-0.25, -0.2) is 4.79 Å². The third-order valence-electron chi connectivity index (χ3n) is 2.70. The Morgan fingerprint density at radius 2 is 2.00 bits per heavy atom. The number of nitriles is 1. The Bertz CT molecular complexity index is 645. The number of hydrogen-bond donors (Lipinski definition) is 2. The lowest BCUT2D eigenvalue weighted by molar-refractivity contribution is 0.0698. The molecule has 0 heterocycles. The molecule has 19 heavy (non-hydrogen) atoms. The zero-order chi connectivity index (χ0) is 13.7. The smallest absolute Gasteiger partial charge is 0.337 e. The van der Waals surface area contributed by atoms with E-state index in [1.165, 1.54) is 0 Å². The van der Waals surface area contributed by atoms with Gasteiger partial charge >= 0.3 is 5.97 Å². The van der Waals surface area contributed by atoms with Crippen molar-refractivity contribution in [1.29, 1.82) is 5.26 Å². The Morgan fingerprint density at radius 1 is 1.21 bits per heavy atom. The predicted molar refractivity (Wildman–Crippen MR) is 71.9 cm³/mol. The van der Waals surface area contributed by atoms with Gasteiger partial charge in [0.05, 0.1) is 17.2 Å². The van der Waals surface area contributed by atoms with Crippen LogP contribution in [0.5, 0.6) is 0 Å². The number of nitrogens with one attached hydrogen (secondary N) is 1. The molecule has 0 amide bonds. The van der Waals surface area contributed by atoms with E-state index in [-0.39, 0.29) is 5.56 Å². The molecule has 0 saturated carbocycles. The number of carboxylic acid groups (broad SMARTS) is 1. The van der Waals surface area contributed by atoms with Crippen LogP contribution in [0.3, 0.4) is 0 Å². The second-order valence-electron chi connectivity index (χ2n) is 4.02. The molecule has 0 aliphatic carbocycles. The summed E-state index contributed by atoms with van der Waals surface area (Å²) in [5, 5.41) is 20.9. The van der Waals surface area contributed by atoms with Crippen LogP contribution in [0.1, 0.15) is 21.5 Å². The molecule has 0 aliphatic heterocycles. The van der Waals surface area contributed by atoms with Crippen LogP contribution in [0.25, 0.3) is 0 Å². The number of rotatable bonds is 4. The average Bonchev–Trinajstić information content (AvgIpc) is 2.45. The lowest BCUT2D eigenvalue weighted by Crippen LogP contribution is -2.06. The van der Waals surface area contributed by atoms with E-state index in [1.54, 1.807) is 42.5 Å². The van der Waals surface area contributed by atoms with E-state index in [1.807, 2.05) is 6.07 Å². The van der Waals surface area contributed by atoms with Crippen LogP contribution < -0.4 is 5.32 Å². The fraction of sp³-hybridized carbons (Fsp3) is 0.0667. The van der Waals surface area contributed by atoms with Gasteiger partial charge in [0.1, 0.15) is 0 Å². The maximum Gasteiger partial charge on any atom is 0.337 e. The summed E-state index contributed by atoms with van der Waals surface area (Å²) in [5.41, 5.74) is 2.32. The number of anilines is 1. The molecule has 0 unspecified atom stereocenters. The molecular weight excluding hydrogens is 240 g/mol. The molecule has 4 nitrogen and oxygen atoms in total. The first kappa shape index (κ1) is 12.7. The fourth-order valence-electron chi connectivity index (χ4n) is 1.77. The summed E-state index contributed by atoms with van der Waals surface area (Å²) in [6, 6.07) is 16.0. The first-order chi connectivity index (χ1) is 9.20. The largest absolute Gasteiger partial charge is 0.478 e. The van der Waals surface area contributed by atoms with Crippen molar-refractivity contribution in [3.05, 3.63) is 65.2 Å². The number of nitrogens with zero attached hydrogens (tertiary/aromatic N) is 1. The molecule has 0 aromatic heterocycles. The highest BCUT2D eigenvalue weighted by atomic mass is 16.4. The van der Waals surface area contributed by atoms with Gasteiger partial charge in [-0.15, -0.1) is 0 Å². The SMILES string of the molecule is N#Cc1cccc(CNc2ccccc2C(=O)O)c1.